The fourth-order valence-corrected chi connectivity index (χ4v) is 5.41. The summed E-state index contributed by atoms with van der Waals surface area (Å²) in [5.74, 6) is -0.257. The second kappa shape index (κ2) is 10.7. The predicted molar refractivity (Wildman–Crippen MR) is 124 cm³/mol. The van der Waals surface area contributed by atoms with Gasteiger partial charge in [-0.2, -0.15) is 9.57 Å². The number of benzene rings is 2. The summed E-state index contributed by atoms with van der Waals surface area (Å²) in [7, 11) is -3.56. The van der Waals surface area contributed by atoms with Crippen molar-refractivity contribution < 1.29 is 13.2 Å². The normalized spacial score (nSPS) is 15.8. The SMILES string of the molecule is CC(C)CC(C(=O)NCC#N)c1cccc(-c2cccc(S(=O)(=O)N3CCNCC3)c2)c1. The zero-order valence-corrected chi connectivity index (χ0v) is 19.4. The fourth-order valence-electron chi connectivity index (χ4n) is 3.92. The van der Waals surface area contributed by atoms with Gasteiger partial charge in [0.15, 0.2) is 0 Å². The summed E-state index contributed by atoms with van der Waals surface area (Å²) in [5, 5.41) is 14.6. The van der Waals surface area contributed by atoms with Crippen LogP contribution in [0.2, 0.25) is 0 Å². The Bertz CT molecular complexity index is 1090. The van der Waals surface area contributed by atoms with E-state index in [4.69, 9.17) is 5.26 Å². The average molecular weight is 455 g/mol. The van der Waals surface area contributed by atoms with Crippen LogP contribution in [0, 0.1) is 17.2 Å². The average Bonchev–Trinajstić information content (AvgIpc) is 2.81. The molecule has 0 aliphatic carbocycles. The number of amides is 1. The Morgan fingerprint density at radius 2 is 1.78 bits per heavy atom. The van der Waals surface area contributed by atoms with Gasteiger partial charge in [0.2, 0.25) is 15.9 Å². The van der Waals surface area contributed by atoms with Gasteiger partial charge < -0.3 is 10.6 Å². The van der Waals surface area contributed by atoms with Crippen molar-refractivity contribution in [2.75, 3.05) is 32.7 Å². The lowest BCUT2D eigenvalue weighted by atomic mass is 9.88. The van der Waals surface area contributed by atoms with Crippen molar-refractivity contribution in [1.82, 2.24) is 14.9 Å². The third-order valence-corrected chi connectivity index (χ3v) is 7.43. The summed E-state index contributed by atoms with van der Waals surface area (Å²) in [6.07, 6.45) is 0.651. The lowest BCUT2D eigenvalue weighted by molar-refractivity contribution is -0.122. The maximum absolute atomic E-state index is 13.1. The van der Waals surface area contributed by atoms with Crippen LogP contribution in [0.5, 0.6) is 0 Å². The van der Waals surface area contributed by atoms with Gasteiger partial charge in [-0.3, -0.25) is 4.79 Å². The zero-order valence-electron chi connectivity index (χ0n) is 18.5. The zero-order chi connectivity index (χ0) is 23.1. The number of nitriles is 1. The van der Waals surface area contributed by atoms with Gasteiger partial charge in [-0.15, -0.1) is 0 Å². The minimum absolute atomic E-state index is 0.0287. The van der Waals surface area contributed by atoms with Crippen LogP contribution in [-0.4, -0.2) is 51.4 Å². The maximum Gasteiger partial charge on any atom is 0.243 e. The molecule has 1 unspecified atom stereocenters. The van der Waals surface area contributed by atoms with E-state index in [0.717, 1.165) is 16.7 Å². The van der Waals surface area contributed by atoms with Gasteiger partial charge in [0.1, 0.15) is 6.54 Å². The van der Waals surface area contributed by atoms with Crippen LogP contribution >= 0.6 is 0 Å². The van der Waals surface area contributed by atoms with E-state index in [1.165, 1.54) is 4.31 Å². The summed E-state index contributed by atoms with van der Waals surface area (Å²) >= 11 is 0. The van der Waals surface area contributed by atoms with Gasteiger partial charge in [0.05, 0.1) is 16.9 Å². The molecule has 8 heteroatoms. The Labute approximate surface area is 190 Å². The Morgan fingerprint density at radius 3 is 2.44 bits per heavy atom. The van der Waals surface area contributed by atoms with Gasteiger partial charge >= 0.3 is 0 Å². The van der Waals surface area contributed by atoms with E-state index in [2.05, 4.69) is 24.5 Å². The van der Waals surface area contributed by atoms with Crippen molar-refractivity contribution in [2.45, 2.75) is 31.1 Å². The molecule has 0 bridgehead atoms. The van der Waals surface area contributed by atoms with E-state index in [1.54, 1.807) is 18.2 Å². The van der Waals surface area contributed by atoms with E-state index in [1.807, 2.05) is 36.4 Å². The number of hydrogen-bond acceptors (Lipinski definition) is 5. The lowest BCUT2D eigenvalue weighted by Gasteiger charge is -2.26. The minimum atomic E-state index is -3.56. The highest BCUT2D eigenvalue weighted by Crippen LogP contribution is 2.30. The van der Waals surface area contributed by atoms with E-state index in [9.17, 15) is 13.2 Å². The molecule has 2 aromatic carbocycles. The molecular weight excluding hydrogens is 424 g/mol. The third kappa shape index (κ3) is 5.74. The molecule has 2 N–H and O–H groups in total. The lowest BCUT2D eigenvalue weighted by Crippen LogP contribution is -2.46. The second-order valence-electron chi connectivity index (χ2n) is 8.37. The van der Waals surface area contributed by atoms with E-state index < -0.39 is 10.0 Å². The predicted octanol–water partition coefficient (Wildman–Crippen LogP) is 2.72. The number of nitrogens with zero attached hydrogens (tertiary/aromatic N) is 2. The number of rotatable bonds is 8. The minimum Gasteiger partial charge on any atom is -0.342 e. The van der Waals surface area contributed by atoms with Crippen molar-refractivity contribution in [3.63, 3.8) is 0 Å². The molecule has 1 fully saturated rings. The van der Waals surface area contributed by atoms with Crippen LogP contribution in [0.4, 0.5) is 0 Å². The largest absolute Gasteiger partial charge is 0.342 e. The molecule has 1 atom stereocenters. The highest BCUT2D eigenvalue weighted by molar-refractivity contribution is 7.89. The highest BCUT2D eigenvalue weighted by atomic mass is 32.2. The summed E-state index contributed by atoms with van der Waals surface area (Å²) in [4.78, 5) is 13.0. The van der Waals surface area contributed by atoms with Gasteiger partial charge in [-0.05, 0) is 41.2 Å². The van der Waals surface area contributed by atoms with Crippen molar-refractivity contribution >= 4 is 15.9 Å². The number of carbonyl (C=O) groups excluding carboxylic acids is 1. The standard InChI is InChI=1S/C24H30N4O3S/c1-18(2)15-23(24(29)27-10-9-25)21-7-3-5-19(16-21)20-6-4-8-22(17-20)32(30,31)28-13-11-26-12-14-28/h3-8,16-18,23,26H,10-15H2,1-2H3,(H,27,29). The highest BCUT2D eigenvalue weighted by Gasteiger charge is 2.26. The first-order valence-electron chi connectivity index (χ1n) is 10.9. The number of sulfonamides is 1. The summed E-state index contributed by atoms with van der Waals surface area (Å²) in [6.45, 7) is 6.28. The van der Waals surface area contributed by atoms with Gasteiger partial charge in [-0.1, -0.05) is 50.2 Å². The second-order valence-corrected chi connectivity index (χ2v) is 10.3. The molecule has 32 heavy (non-hydrogen) atoms. The van der Waals surface area contributed by atoms with Crippen molar-refractivity contribution in [1.29, 1.82) is 5.26 Å². The summed E-state index contributed by atoms with van der Waals surface area (Å²) in [5.41, 5.74) is 2.48. The van der Waals surface area contributed by atoms with E-state index >= 15 is 0 Å². The number of hydrogen-bond donors (Lipinski definition) is 2. The smallest absolute Gasteiger partial charge is 0.243 e. The van der Waals surface area contributed by atoms with Crippen LogP contribution in [-0.2, 0) is 14.8 Å². The molecule has 0 saturated carbocycles. The molecule has 0 aromatic heterocycles. The first-order valence-corrected chi connectivity index (χ1v) is 12.3. The van der Waals surface area contributed by atoms with E-state index in [0.29, 0.717) is 38.5 Å². The summed E-state index contributed by atoms with van der Waals surface area (Å²) < 4.78 is 27.7. The van der Waals surface area contributed by atoms with Crippen molar-refractivity contribution in [2.24, 2.45) is 5.92 Å². The fraction of sp³-hybridized carbons (Fsp3) is 0.417. The molecule has 1 amide bonds. The number of carbonyl (C=O) groups is 1. The molecule has 2 aromatic rings. The van der Waals surface area contributed by atoms with Crippen molar-refractivity contribution in [3.8, 4) is 17.2 Å². The molecule has 1 heterocycles. The molecule has 1 aliphatic rings. The first kappa shape index (κ1) is 23.9. The van der Waals surface area contributed by atoms with Gasteiger partial charge in [0, 0.05) is 26.2 Å². The Morgan fingerprint density at radius 1 is 1.12 bits per heavy atom. The quantitative estimate of drug-likeness (QED) is 0.597. The molecule has 7 nitrogen and oxygen atoms in total. The Balaban J connectivity index is 1.92. The van der Waals surface area contributed by atoms with Crippen molar-refractivity contribution in [3.05, 3.63) is 54.1 Å². The molecular formula is C24H30N4O3S. The molecule has 1 saturated heterocycles. The topological polar surface area (TPSA) is 102 Å². The van der Waals surface area contributed by atoms with Crippen LogP contribution in [0.1, 0.15) is 31.7 Å². The molecule has 0 spiro atoms. The third-order valence-electron chi connectivity index (χ3n) is 5.54. The van der Waals surface area contributed by atoms with Gasteiger partial charge in [0.25, 0.3) is 0 Å². The number of nitrogens with one attached hydrogen (secondary N) is 2. The molecule has 170 valence electrons. The monoisotopic (exact) mass is 454 g/mol. The number of piperazine rings is 1. The maximum atomic E-state index is 13.1. The van der Waals surface area contributed by atoms with E-state index in [-0.39, 0.29) is 23.3 Å². The van der Waals surface area contributed by atoms with Crippen LogP contribution in [0.3, 0.4) is 0 Å². The molecule has 0 radical (unpaired) electrons. The van der Waals surface area contributed by atoms with Gasteiger partial charge in [-0.25, -0.2) is 8.42 Å². The van der Waals surface area contributed by atoms with Crippen LogP contribution in [0.15, 0.2) is 53.4 Å². The first-order chi connectivity index (χ1) is 15.3. The Hall–Kier alpha value is -2.73. The van der Waals surface area contributed by atoms with Crippen LogP contribution < -0.4 is 10.6 Å². The molecule has 3 rings (SSSR count). The summed E-state index contributed by atoms with van der Waals surface area (Å²) in [6, 6.07) is 16.5. The van der Waals surface area contributed by atoms with Crippen LogP contribution in [0.25, 0.3) is 11.1 Å². The molecule has 1 aliphatic heterocycles. The Kier molecular flexibility index (Phi) is 8.02.